The second-order valence-corrected chi connectivity index (χ2v) is 7.05. The fourth-order valence-corrected chi connectivity index (χ4v) is 3.21. The lowest BCUT2D eigenvalue weighted by molar-refractivity contribution is 0.473. The Hall–Kier alpha value is -3.04. The fourth-order valence-electron chi connectivity index (χ4n) is 2.65. The predicted molar refractivity (Wildman–Crippen MR) is 104 cm³/mol. The van der Waals surface area contributed by atoms with Gasteiger partial charge in [0.1, 0.15) is 5.75 Å². The third-order valence-corrected chi connectivity index (χ3v) is 4.71. The summed E-state index contributed by atoms with van der Waals surface area (Å²) in [5.41, 5.74) is 3.96. The van der Waals surface area contributed by atoms with E-state index >= 15 is 0 Å². The Kier molecular flexibility index (Phi) is 4.48. The molecule has 0 unspecified atom stereocenters. The monoisotopic (exact) mass is 421 g/mol. The zero-order chi connectivity index (χ0) is 20.0. The second kappa shape index (κ2) is 6.84. The summed E-state index contributed by atoms with van der Waals surface area (Å²) in [6.07, 6.45) is 3.50. The molecule has 11 heteroatoms. The van der Waals surface area contributed by atoms with E-state index in [0.29, 0.717) is 5.75 Å². The minimum atomic E-state index is -0.795. The van der Waals surface area contributed by atoms with Gasteiger partial charge in [0.05, 0.1) is 21.9 Å². The maximum absolute atomic E-state index is 12.0. The Morgan fingerprint density at radius 2 is 1.82 bits per heavy atom. The van der Waals surface area contributed by atoms with Crippen LogP contribution >= 0.6 is 23.2 Å². The first-order valence-corrected chi connectivity index (χ1v) is 8.97. The van der Waals surface area contributed by atoms with E-state index < -0.39 is 11.2 Å². The van der Waals surface area contributed by atoms with E-state index in [1.807, 2.05) is 4.98 Å². The number of ether oxygens (including phenoxy) is 1. The number of nitrogens with one attached hydrogen (secondary N) is 1. The molecule has 2 aromatic heterocycles. The lowest BCUT2D eigenvalue weighted by atomic mass is 10.3. The molecule has 1 aliphatic rings. The average Bonchev–Trinajstić information content (AvgIpc) is 3.47. The largest absolute Gasteiger partial charge is 0.453 e. The summed E-state index contributed by atoms with van der Waals surface area (Å²) >= 11 is 12.6. The van der Waals surface area contributed by atoms with Crippen molar-refractivity contribution >= 4 is 29.0 Å². The number of halogens is 2. The minimum absolute atomic E-state index is 0.102. The van der Waals surface area contributed by atoms with E-state index in [2.05, 4.69) is 5.10 Å². The summed E-state index contributed by atoms with van der Waals surface area (Å²) in [6, 6.07) is 5.91. The van der Waals surface area contributed by atoms with Gasteiger partial charge in [0, 0.05) is 12.1 Å². The van der Waals surface area contributed by atoms with Crippen LogP contribution in [0.5, 0.6) is 11.5 Å². The van der Waals surface area contributed by atoms with Crippen LogP contribution in [0.2, 0.25) is 10.0 Å². The van der Waals surface area contributed by atoms with Gasteiger partial charge in [-0.2, -0.15) is 4.68 Å². The van der Waals surface area contributed by atoms with Gasteiger partial charge in [-0.1, -0.05) is 23.2 Å². The highest BCUT2D eigenvalue weighted by Gasteiger charge is 2.24. The maximum atomic E-state index is 12.0. The molecule has 4 rings (SSSR count). The molecule has 144 valence electrons. The van der Waals surface area contributed by atoms with Gasteiger partial charge in [-0.3, -0.25) is 14.6 Å². The first-order valence-electron chi connectivity index (χ1n) is 8.22. The van der Waals surface area contributed by atoms with Crippen LogP contribution in [0.25, 0.3) is 5.69 Å². The predicted octanol–water partition coefficient (Wildman–Crippen LogP) is 2.10. The molecule has 2 heterocycles. The highest BCUT2D eigenvalue weighted by molar-refractivity contribution is 6.37. The summed E-state index contributed by atoms with van der Waals surface area (Å²) in [7, 11) is 0. The van der Waals surface area contributed by atoms with E-state index in [1.54, 1.807) is 10.8 Å². The smallest absolute Gasteiger partial charge is 0.349 e. The van der Waals surface area contributed by atoms with Crippen LogP contribution in [0.4, 0.5) is 5.82 Å². The van der Waals surface area contributed by atoms with Crippen molar-refractivity contribution in [3.05, 3.63) is 71.7 Å². The molecule has 9 nitrogen and oxygen atoms in total. The molecule has 0 amide bonds. The number of rotatable bonds is 4. The molecule has 3 aromatic rings. The van der Waals surface area contributed by atoms with Crippen LogP contribution in [-0.4, -0.2) is 19.3 Å². The van der Waals surface area contributed by atoms with Crippen molar-refractivity contribution in [2.24, 2.45) is 0 Å². The molecule has 0 radical (unpaired) electrons. The lowest BCUT2D eigenvalue weighted by Crippen LogP contribution is -2.33. The molecular formula is C17H13Cl2N5O4. The number of pyridine rings is 1. The summed E-state index contributed by atoms with van der Waals surface area (Å²) in [4.78, 5) is 37.3. The number of hydrogen-bond donors (Lipinski definition) is 2. The van der Waals surface area contributed by atoms with Gasteiger partial charge >= 0.3 is 5.69 Å². The number of benzene rings is 1. The summed E-state index contributed by atoms with van der Waals surface area (Å²) in [5, 5.41) is 3.93. The molecule has 1 saturated carbocycles. The standard InChI is InChI=1S/C17H13Cl2N5O4/c18-11-5-9(24-17(27)21-16(26)15(20)22-24)6-12(19)14(11)28-10-3-4-13(25)23(7-10)8-1-2-8/h3-8H,1-2H2,(H2,20,22)(H,21,26,27). The highest BCUT2D eigenvalue weighted by atomic mass is 35.5. The third-order valence-electron chi connectivity index (χ3n) is 4.15. The minimum Gasteiger partial charge on any atom is -0.453 e. The van der Waals surface area contributed by atoms with Crippen molar-refractivity contribution in [1.29, 1.82) is 0 Å². The van der Waals surface area contributed by atoms with E-state index in [-0.39, 0.29) is 38.9 Å². The molecule has 1 aliphatic carbocycles. The molecule has 0 aliphatic heterocycles. The SMILES string of the molecule is Nc1nn(-c2cc(Cl)c(Oc3ccc(=O)n(C4CC4)c3)c(Cl)c2)c(=O)[nH]c1=O. The Balaban J connectivity index is 1.72. The van der Waals surface area contributed by atoms with Gasteiger partial charge in [0.15, 0.2) is 5.75 Å². The number of hydrogen-bond acceptors (Lipinski definition) is 6. The number of aromatic nitrogens is 4. The van der Waals surface area contributed by atoms with E-state index in [4.69, 9.17) is 33.7 Å². The molecule has 3 N–H and O–H groups in total. The first-order chi connectivity index (χ1) is 13.3. The summed E-state index contributed by atoms with van der Waals surface area (Å²) in [5.74, 6) is 0.166. The molecule has 28 heavy (non-hydrogen) atoms. The molecule has 1 fully saturated rings. The number of nitrogens with two attached hydrogens (primary N) is 1. The van der Waals surface area contributed by atoms with Crippen LogP contribution in [0.3, 0.4) is 0 Å². The van der Waals surface area contributed by atoms with Gasteiger partial charge < -0.3 is 15.0 Å². The number of aromatic amines is 1. The molecular weight excluding hydrogens is 409 g/mol. The van der Waals surface area contributed by atoms with Crippen LogP contribution in [0, 0.1) is 0 Å². The average molecular weight is 422 g/mol. The van der Waals surface area contributed by atoms with Gasteiger partial charge in [0.25, 0.3) is 11.1 Å². The van der Waals surface area contributed by atoms with Crippen LogP contribution in [-0.2, 0) is 0 Å². The molecule has 1 aromatic carbocycles. The Bertz CT molecular complexity index is 1240. The molecule has 0 bridgehead atoms. The Labute approximate surface area is 166 Å². The van der Waals surface area contributed by atoms with Gasteiger partial charge in [-0.15, -0.1) is 5.10 Å². The van der Waals surface area contributed by atoms with Gasteiger partial charge in [-0.05, 0) is 31.0 Å². The third kappa shape index (κ3) is 3.41. The van der Waals surface area contributed by atoms with Gasteiger partial charge in [-0.25, -0.2) is 4.79 Å². The second-order valence-electron chi connectivity index (χ2n) is 6.24. The number of nitrogen functional groups attached to an aromatic ring is 1. The van der Waals surface area contributed by atoms with Crippen molar-refractivity contribution in [2.75, 3.05) is 5.73 Å². The van der Waals surface area contributed by atoms with Crippen molar-refractivity contribution < 1.29 is 4.74 Å². The topological polar surface area (TPSA) is 125 Å². The van der Waals surface area contributed by atoms with Gasteiger partial charge in [0.2, 0.25) is 5.82 Å². The van der Waals surface area contributed by atoms with Crippen LogP contribution in [0.1, 0.15) is 18.9 Å². The zero-order valence-electron chi connectivity index (χ0n) is 14.2. The maximum Gasteiger partial charge on any atom is 0.349 e. The number of H-pyrrole nitrogens is 1. The number of nitrogens with zero attached hydrogens (tertiary/aromatic N) is 3. The zero-order valence-corrected chi connectivity index (χ0v) is 15.7. The quantitative estimate of drug-likeness (QED) is 0.664. The van der Waals surface area contributed by atoms with Crippen molar-refractivity contribution in [2.45, 2.75) is 18.9 Å². The van der Waals surface area contributed by atoms with E-state index in [1.165, 1.54) is 24.3 Å². The van der Waals surface area contributed by atoms with Crippen LogP contribution in [0.15, 0.2) is 44.8 Å². The van der Waals surface area contributed by atoms with E-state index in [0.717, 1.165) is 17.5 Å². The van der Waals surface area contributed by atoms with Crippen molar-refractivity contribution in [3.8, 4) is 17.2 Å². The summed E-state index contributed by atoms with van der Waals surface area (Å²) < 4.78 is 8.24. The first kappa shape index (κ1) is 18.3. The van der Waals surface area contributed by atoms with Crippen molar-refractivity contribution in [3.63, 3.8) is 0 Å². The normalized spacial score (nSPS) is 13.5. The highest BCUT2D eigenvalue weighted by Crippen LogP contribution is 2.39. The fraction of sp³-hybridized carbons (Fsp3) is 0.176. The number of anilines is 1. The summed E-state index contributed by atoms with van der Waals surface area (Å²) in [6.45, 7) is 0. The molecule has 0 saturated heterocycles. The Morgan fingerprint density at radius 1 is 1.14 bits per heavy atom. The lowest BCUT2D eigenvalue weighted by Gasteiger charge is -2.13. The van der Waals surface area contributed by atoms with Crippen LogP contribution < -0.4 is 27.3 Å². The molecule has 0 atom stereocenters. The Morgan fingerprint density at radius 3 is 2.46 bits per heavy atom. The molecule has 0 spiro atoms. The van der Waals surface area contributed by atoms with Crippen molar-refractivity contribution in [1.82, 2.24) is 19.3 Å². The van der Waals surface area contributed by atoms with E-state index in [9.17, 15) is 14.4 Å².